The number of hydrogen-bond acceptors (Lipinski definition) is 6. The minimum atomic E-state index is -4.69. The van der Waals surface area contributed by atoms with Gasteiger partial charge in [0.05, 0.1) is 14.9 Å². The summed E-state index contributed by atoms with van der Waals surface area (Å²) in [4.78, 5) is 7.91. The van der Waals surface area contributed by atoms with Gasteiger partial charge < -0.3 is 0 Å². The largest absolute Gasteiger partial charge is 0.265 e. The van der Waals surface area contributed by atoms with E-state index >= 15 is 0 Å². The molecule has 17 heavy (non-hydrogen) atoms. The lowest BCUT2D eigenvalue weighted by molar-refractivity contribution is -1.92. The smallest absolute Gasteiger partial charge is 0.0777 e. The van der Waals surface area contributed by atoms with Gasteiger partial charge in [0, 0.05) is 24.8 Å². The molecule has 0 aromatic carbocycles. The maximum absolute atomic E-state index is 8.60. The van der Waals surface area contributed by atoms with E-state index < -0.39 is 10.2 Å². The topological polar surface area (TPSA) is 115 Å². The standard InChI is InChI=1S/C10H8N2.ClHO4/c1-5-11-6-2-9(1)10-3-7-12-8-4-10;2-1(3,4)5/h1-8H;(H,2,3,4,5). The predicted molar refractivity (Wildman–Crippen MR) is 49.7 cm³/mol. The van der Waals surface area contributed by atoms with Crippen molar-refractivity contribution in [3.05, 3.63) is 49.1 Å². The van der Waals surface area contributed by atoms with E-state index in [-0.39, 0.29) is 0 Å². The van der Waals surface area contributed by atoms with Crippen LogP contribution in [0.15, 0.2) is 49.1 Å². The van der Waals surface area contributed by atoms with Crippen molar-refractivity contribution in [1.82, 2.24) is 9.97 Å². The normalized spacial score (nSPS) is 10.4. The van der Waals surface area contributed by atoms with Gasteiger partial charge in [-0.1, -0.05) is 0 Å². The second kappa shape index (κ2) is 6.24. The highest BCUT2D eigenvalue weighted by atomic mass is 35.7. The summed E-state index contributed by atoms with van der Waals surface area (Å²) in [6.45, 7) is 0. The maximum Gasteiger partial charge on any atom is 0.0777 e. The highest BCUT2D eigenvalue weighted by Gasteiger charge is 1.98. The first-order valence-electron chi connectivity index (χ1n) is 4.40. The Bertz CT molecular complexity index is 390. The van der Waals surface area contributed by atoms with Crippen molar-refractivity contribution >= 4 is 0 Å². The quantitative estimate of drug-likeness (QED) is 0.632. The Kier molecular flexibility index (Phi) is 4.95. The lowest BCUT2D eigenvalue weighted by Crippen LogP contribution is -2.58. The summed E-state index contributed by atoms with van der Waals surface area (Å²) < 4.78 is 32.7. The van der Waals surface area contributed by atoms with Crippen LogP contribution < -0.4 is 14.0 Å². The molecule has 0 fully saturated rings. The molecule has 2 aromatic rings. The van der Waals surface area contributed by atoms with Gasteiger partial charge in [0.25, 0.3) is 0 Å². The second-order valence-corrected chi connectivity index (χ2v) is 3.66. The van der Waals surface area contributed by atoms with Gasteiger partial charge in [-0.05, 0) is 35.4 Å². The van der Waals surface area contributed by atoms with Crippen LogP contribution >= 0.6 is 0 Å². The molecule has 0 unspecified atom stereocenters. The van der Waals surface area contributed by atoms with Crippen LogP contribution in [-0.4, -0.2) is 14.6 Å². The van der Waals surface area contributed by atoms with E-state index in [9.17, 15) is 0 Å². The third-order valence-corrected chi connectivity index (χ3v) is 1.69. The molecule has 2 heterocycles. The number of rotatable bonds is 1. The average molecular weight is 257 g/mol. The first-order chi connectivity index (χ1) is 7.97. The second-order valence-electron chi connectivity index (χ2n) is 2.87. The highest BCUT2D eigenvalue weighted by molar-refractivity contribution is 5.61. The molecular formula is C10H9ClN2O4. The molecule has 90 valence electrons. The van der Waals surface area contributed by atoms with E-state index in [0.717, 1.165) is 0 Å². The number of aromatic nitrogens is 2. The monoisotopic (exact) mass is 256 g/mol. The summed E-state index contributed by atoms with van der Waals surface area (Å²) >= 11 is 0. The Morgan fingerprint density at radius 1 is 0.765 bits per heavy atom. The van der Waals surface area contributed by atoms with Crippen LogP contribution in [0.4, 0.5) is 0 Å². The summed E-state index contributed by atoms with van der Waals surface area (Å²) in [6, 6.07) is 7.93. The van der Waals surface area contributed by atoms with Gasteiger partial charge in [0.1, 0.15) is 0 Å². The van der Waals surface area contributed by atoms with Crippen LogP contribution in [0, 0.1) is 10.2 Å². The first kappa shape index (κ1) is 13.5. The third-order valence-electron chi connectivity index (χ3n) is 1.69. The fourth-order valence-corrected chi connectivity index (χ4v) is 1.09. The van der Waals surface area contributed by atoms with Crippen molar-refractivity contribution in [2.75, 3.05) is 0 Å². The predicted octanol–water partition coefficient (Wildman–Crippen LogP) is -1.98. The van der Waals surface area contributed by atoms with Gasteiger partial charge in [-0.3, -0.25) is 9.97 Å². The van der Waals surface area contributed by atoms with Crippen molar-refractivity contribution in [3.63, 3.8) is 0 Å². The summed E-state index contributed by atoms with van der Waals surface area (Å²) in [6.07, 6.45) is 7.15. The van der Waals surface area contributed by atoms with Crippen LogP contribution in [0.3, 0.4) is 0 Å². The maximum atomic E-state index is 8.60. The molecule has 7 heteroatoms. The molecule has 0 aliphatic heterocycles. The number of pyridine rings is 2. The van der Waals surface area contributed by atoms with Crippen molar-refractivity contribution in [2.24, 2.45) is 0 Å². The lowest BCUT2D eigenvalue weighted by Gasteiger charge is -2.03. The molecule has 0 spiro atoms. The first-order valence-corrected chi connectivity index (χ1v) is 5.67. The van der Waals surface area contributed by atoms with Crippen LogP contribution in [-0.2, 0) is 0 Å². The molecule has 6 nitrogen and oxygen atoms in total. The van der Waals surface area contributed by atoms with Crippen molar-refractivity contribution in [2.45, 2.75) is 0 Å². The summed E-state index contributed by atoms with van der Waals surface area (Å²) in [5, 5.41) is 0. The third kappa shape index (κ3) is 6.56. The Morgan fingerprint density at radius 2 is 1.00 bits per heavy atom. The zero-order valence-electron chi connectivity index (χ0n) is 8.56. The molecule has 0 atom stereocenters. The molecule has 0 aliphatic carbocycles. The summed E-state index contributed by atoms with van der Waals surface area (Å²) in [5.41, 5.74) is 2.35. The van der Waals surface area contributed by atoms with E-state index in [4.69, 9.17) is 18.6 Å². The molecule has 0 saturated carbocycles. The number of hydrogen-bond donors (Lipinski definition) is 1. The molecule has 2 aromatic heterocycles. The fraction of sp³-hybridized carbons (Fsp3) is 0. The van der Waals surface area contributed by atoms with Crippen LogP contribution in [0.25, 0.3) is 11.1 Å². The minimum Gasteiger partial charge on any atom is -0.265 e. The zero-order chi connectivity index (χ0) is 12.7. The Hall–Kier alpha value is -1.57. The van der Waals surface area contributed by atoms with Gasteiger partial charge in [0.15, 0.2) is 0 Å². The fourth-order valence-electron chi connectivity index (χ4n) is 1.09. The molecule has 0 bridgehead atoms. The SMILES string of the molecule is [O-][Cl+3]([O-])([O-])O.c1cc(-c2ccncc2)ccn1. The van der Waals surface area contributed by atoms with Crippen LogP contribution in [0.2, 0.25) is 0 Å². The zero-order valence-corrected chi connectivity index (χ0v) is 9.32. The van der Waals surface area contributed by atoms with Gasteiger partial charge in [-0.2, -0.15) is 14.0 Å². The molecule has 0 amide bonds. The Morgan fingerprint density at radius 3 is 1.24 bits per heavy atom. The Balaban J connectivity index is 0.000000249. The minimum absolute atomic E-state index is 1.17. The van der Waals surface area contributed by atoms with Gasteiger partial charge in [0.2, 0.25) is 0 Å². The molecule has 1 N–H and O–H groups in total. The summed E-state index contributed by atoms with van der Waals surface area (Å²) in [7, 11) is -4.69. The average Bonchev–Trinajstić information content (AvgIpc) is 2.29. The van der Waals surface area contributed by atoms with E-state index in [1.807, 2.05) is 24.3 Å². The molecule has 0 radical (unpaired) electrons. The molecule has 0 aliphatic rings. The number of halogens is 1. The van der Waals surface area contributed by atoms with E-state index in [2.05, 4.69) is 9.97 Å². The Labute approximate surface area is 99.6 Å². The van der Waals surface area contributed by atoms with Crippen molar-refractivity contribution in [3.8, 4) is 11.1 Å². The van der Waals surface area contributed by atoms with E-state index in [1.54, 1.807) is 24.8 Å². The summed E-state index contributed by atoms with van der Waals surface area (Å²) in [5.74, 6) is 0. The van der Waals surface area contributed by atoms with Crippen LogP contribution in [0.5, 0.6) is 0 Å². The van der Waals surface area contributed by atoms with Gasteiger partial charge >= 0.3 is 0 Å². The molecular weight excluding hydrogens is 248 g/mol. The van der Waals surface area contributed by atoms with Gasteiger partial charge in [-0.15, -0.1) is 0 Å². The highest BCUT2D eigenvalue weighted by Crippen LogP contribution is 2.15. The van der Waals surface area contributed by atoms with Gasteiger partial charge in [-0.25, -0.2) is 0 Å². The van der Waals surface area contributed by atoms with E-state index in [0.29, 0.717) is 0 Å². The number of nitrogens with zero attached hydrogens (tertiary/aromatic N) is 2. The molecule has 0 saturated heterocycles. The van der Waals surface area contributed by atoms with Crippen molar-refractivity contribution < 1.29 is 28.9 Å². The van der Waals surface area contributed by atoms with E-state index in [1.165, 1.54) is 11.1 Å². The lowest BCUT2D eigenvalue weighted by atomic mass is 10.1. The molecule has 2 rings (SSSR count). The van der Waals surface area contributed by atoms with Crippen LogP contribution in [0.1, 0.15) is 0 Å². The van der Waals surface area contributed by atoms with Crippen molar-refractivity contribution in [1.29, 1.82) is 0 Å².